The number of para-hydroxylation sites is 1. The molecule has 4 rings (SSSR count). The lowest BCUT2D eigenvalue weighted by atomic mass is 10.1. The molecule has 1 fully saturated rings. The zero-order chi connectivity index (χ0) is 19.3. The van der Waals surface area contributed by atoms with Crippen molar-refractivity contribution in [2.75, 3.05) is 32.7 Å². The zero-order valence-electron chi connectivity index (χ0n) is 16.3. The van der Waals surface area contributed by atoms with E-state index in [0.717, 1.165) is 43.8 Å². The van der Waals surface area contributed by atoms with Crippen LogP contribution in [0.3, 0.4) is 0 Å². The molecule has 1 aliphatic rings. The van der Waals surface area contributed by atoms with Crippen LogP contribution < -0.4 is 15.1 Å². The molecule has 5 nitrogen and oxygen atoms in total. The lowest BCUT2D eigenvalue weighted by Gasteiger charge is -2.29. The van der Waals surface area contributed by atoms with Gasteiger partial charge in [-0.25, -0.2) is 4.98 Å². The maximum atomic E-state index is 12.4. The number of hydrogen-bond acceptors (Lipinski definition) is 3. The molecule has 0 saturated carbocycles. The van der Waals surface area contributed by atoms with Gasteiger partial charge in [0.25, 0.3) is 5.91 Å². The summed E-state index contributed by atoms with van der Waals surface area (Å²) in [6.07, 6.45) is 0. The normalized spacial score (nSPS) is 20.8. The van der Waals surface area contributed by atoms with E-state index in [1.807, 2.05) is 31.2 Å². The van der Waals surface area contributed by atoms with Gasteiger partial charge in [-0.1, -0.05) is 42.5 Å². The summed E-state index contributed by atoms with van der Waals surface area (Å²) >= 11 is 1.80. The Bertz CT molecular complexity index is 885. The van der Waals surface area contributed by atoms with Gasteiger partial charge in [0.2, 0.25) is 0 Å². The lowest BCUT2D eigenvalue weighted by Crippen LogP contribution is -3.28. The molecule has 6 heteroatoms. The Hall–Kier alpha value is -2.28. The number of benzene rings is 2. The number of carbonyl (C=O) groups is 1. The van der Waals surface area contributed by atoms with Crippen molar-refractivity contribution >= 4 is 27.5 Å². The molecule has 1 aliphatic heterocycles. The number of amides is 1. The SMILES string of the molecule is C[C@H](NC(=O)C[NH+]1CC[NH+](Cc2nc3ccccc3s2)CC1)c1ccccc1. The molecule has 146 valence electrons. The third-order valence-corrected chi connectivity index (χ3v) is 6.53. The van der Waals surface area contributed by atoms with E-state index in [9.17, 15) is 4.79 Å². The van der Waals surface area contributed by atoms with Gasteiger partial charge in [0.1, 0.15) is 37.7 Å². The topological polar surface area (TPSA) is 50.9 Å². The van der Waals surface area contributed by atoms with E-state index in [0.29, 0.717) is 6.54 Å². The van der Waals surface area contributed by atoms with Crippen LogP contribution in [0, 0.1) is 0 Å². The standard InChI is InChI=1S/C22H26N4OS/c1-17(18-7-3-2-4-8-18)23-21(27)15-25-11-13-26(14-12-25)16-22-24-19-9-5-6-10-20(19)28-22/h2-10,17H,11-16H2,1H3,(H,23,27)/p+2/t17-/m0/s1. The number of carbonyl (C=O) groups excluding carboxylic acids is 1. The summed E-state index contributed by atoms with van der Waals surface area (Å²) in [7, 11) is 0. The molecule has 28 heavy (non-hydrogen) atoms. The summed E-state index contributed by atoms with van der Waals surface area (Å²) in [6, 6.07) is 18.5. The van der Waals surface area contributed by atoms with Crippen molar-refractivity contribution < 1.29 is 14.6 Å². The molecular weight excluding hydrogens is 368 g/mol. The van der Waals surface area contributed by atoms with Gasteiger partial charge in [0.05, 0.1) is 16.3 Å². The second kappa shape index (κ2) is 8.82. The first kappa shape index (κ1) is 19.1. The molecule has 0 bridgehead atoms. The molecule has 2 heterocycles. The molecule has 1 atom stereocenters. The average molecular weight is 397 g/mol. The van der Waals surface area contributed by atoms with E-state index < -0.39 is 0 Å². The van der Waals surface area contributed by atoms with E-state index in [-0.39, 0.29) is 11.9 Å². The molecule has 3 N–H and O–H groups in total. The van der Waals surface area contributed by atoms with Crippen molar-refractivity contribution in [1.29, 1.82) is 0 Å². The molecule has 0 radical (unpaired) electrons. The number of fused-ring (bicyclic) bond motifs is 1. The van der Waals surface area contributed by atoms with Crippen LogP contribution in [-0.4, -0.2) is 43.6 Å². The minimum atomic E-state index is 0.0547. The summed E-state index contributed by atoms with van der Waals surface area (Å²) in [5, 5.41) is 4.35. The zero-order valence-corrected chi connectivity index (χ0v) is 17.1. The van der Waals surface area contributed by atoms with Crippen LogP contribution in [0.1, 0.15) is 23.5 Å². The maximum Gasteiger partial charge on any atom is 0.275 e. The van der Waals surface area contributed by atoms with Crippen molar-refractivity contribution in [3.63, 3.8) is 0 Å². The highest BCUT2D eigenvalue weighted by Gasteiger charge is 2.26. The first-order chi connectivity index (χ1) is 13.7. The molecule has 3 aromatic rings. The second-order valence-electron chi connectivity index (χ2n) is 7.63. The minimum Gasteiger partial charge on any atom is -0.345 e. The Morgan fingerprint density at radius 1 is 1.04 bits per heavy atom. The number of aromatic nitrogens is 1. The Morgan fingerprint density at radius 3 is 2.46 bits per heavy atom. The predicted octanol–water partition coefficient (Wildman–Crippen LogP) is 0.457. The monoisotopic (exact) mass is 396 g/mol. The number of rotatable bonds is 6. The van der Waals surface area contributed by atoms with Crippen LogP contribution in [0.2, 0.25) is 0 Å². The van der Waals surface area contributed by atoms with Crippen molar-refractivity contribution in [3.8, 4) is 0 Å². The number of nitrogens with zero attached hydrogens (tertiary/aromatic N) is 1. The third-order valence-electron chi connectivity index (χ3n) is 5.49. The van der Waals surface area contributed by atoms with Gasteiger partial charge >= 0.3 is 0 Å². The van der Waals surface area contributed by atoms with E-state index >= 15 is 0 Å². The number of piperazine rings is 1. The Kier molecular flexibility index (Phi) is 6.00. The van der Waals surface area contributed by atoms with Crippen LogP contribution in [0.15, 0.2) is 54.6 Å². The highest BCUT2D eigenvalue weighted by atomic mass is 32.1. The third kappa shape index (κ3) is 4.76. The Morgan fingerprint density at radius 2 is 1.71 bits per heavy atom. The first-order valence-corrected chi connectivity index (χ1v) is 10.8. The summed E-state index contributed by atoms with van der Waals surface area (Å²) in [5.74, 6) is 0.140. The fraction of sp³-hybridized carbons (Fsp3) is 0.364. The molecular formula is C22H28N4OS+2. The summed E-state index contributed by atoms with van der Waals surface area (Å²) in [6.45, 7) is 7.85. The minimum absolute atomic E-state index is 0.0547. The van der Waals surface area contributed by atoms with E-state index in [1.165, 1.54) is 14.6 Å². The van der Waals surface area contributed by atoms with Crippen LogP contribution >= 0.6 is 11.3 Å². The first-order valence-electron chi connectivity index (χ1n) is 10.0. The van der Waals surface area contributed by atoms with Crippen LogP contribution in [-0.2, 0) is 11.3 Å². The number of thiazole rings is 1. The molecule has 2 aromatic carbocycles. The number of nitrogens with one attached hydrogen (secondary N) is 3. The van der Waals surface area contributed by atoms with Crippen LogP contribution in [0.5, 0.6) is 0 Å². The van der Waals surface area contributed by atoms with Crippen LogP contribution in [0.4, 0.5) is 0 Å². The Labute approximate surface area is 170 Å². The summed E-state index contributed by atoms with van der Waals surface area (Å²) < 4.78 is 1.27. The highest BCUT2D eigenvalue weighted by Crippen LogP contribution is 2.20. The quantitative estimate of drug-likeness (QED) is 0.567. The predicted molar refractivity (Wildman–Crippen MR) is 113 cm³/mol. The second-order valence-corrected chi connectivity index (χ2v) is 8.74. The largest absolute Gasteiger partial charge is 0.345 e. The van der Waals surface area contributed by atoms with Gasteiger partial charge in [-0.15, -0.1) is 11.3 Å². The van der Waals surface area contributed by atoms with Gasteiger partial charge in [-0.05, 0) is 24.6 Å². The van der Waals surface area contributed by atoms with Crippen molar-refractivity contribution in [3.05, 3.63) is 65.2 Å². The molecule has 1 aromatic heterocycles. The molecule has 0 aliphatic carbocycles. The summed E-state index contributed by atoms with van der Waals surface area (Å²) in [4.78, 5) is 20.1. The molecule has 0 unspecified atom stereocenters. The van der Waals surface area contributed by atoms with Gasteiger partial charge in [-0.3, -0.25) is 4.79 Å². The van der Waals surface area contributed by atoms with E-state index in [2.05, 4.69) is 35.6 Å². The van der Waals surface area contributed by atoms with Crippen molar-refractivity contribution in [2.45, 2.75) is 19.5 Å². The molecule has 1 amide bonds. The van der Waals surface area contributed by atoms with Gasteiger partial charge in [-0.2, -0.15) is 0 Å². The van der Waals surface area contributed by atoms with Crippen LogP contribution in [0.25, 0.3) is 10.2 Å². The highest BCUT2D eigenvalue weighted by molar-refractivity contribution is 7.18. The summed E-state index contributed by atoms with van der Waals surface area (Å²) in [5.41, 5.74) is 2.26. The molecule has 1 saturated heterocycles. The maximum absolute atomic E-state index is 12.4. The number of quaternary nitrogens is 2. The fourth-order valence-electron chi connectivity index (χ4n) is 3.86. The Balaban J connectivity index is 1.23. The fourth-order valence-corrected chi connectivity index (χ4v) is 4.90. The van der Waals surface area contributed by atoms with Gasteiger partial charge < -0.3 is 15.1 Å². The van der Waals surface area contributed by atoms with Crippen molar-refractivity contribution in [1.82, 2.24) is 10.3 Å². The van der Waals surface area contributed by atoms with E-state index in [1.54, 1.807) is 16.2 Å². The van der Waals surface area contributed by atoms with Crippen molar-refractivity contribution in [2.24, 2.45) is 0 Å². The van der Waals surface area contributed by atoms with Gasteiger partial charge in [0.15, 0.2) is 6.54 Å². The smallest absolute Gasteiger partial charge is 0.275 e. The average Bonchev–Trinajstić information content (AvgIpc) is 3.12. The molecule has 0 spiro atoms. The van der Waals surface area contributed by atoms with E-state index in [4.69, 9.17) is 4.98 Å². The van der Waals surface area contributed by atoms with Gasteiger partial charge in [0, 0.05) is 0 Å². The lowest BCUT2D eigenvalue weighted by molar-refractivity contribution is -1.02. The number of hydrogen-bond donors (Lipinski definition) is 3.